The third-order valence-electron chi connectivity index (χ3n) is 2.64. The first-order valence-corrected chi connectivity index (χ1v) is 6.26. The Morgan fingerprint density at radius 2 is 2.00 bits per heavy atom. The van der Waals surface area contributed by atoms with Gasteiger partial charge in [0.15, 0.2) is 0 Å². The lowest BCUT2D eigenvalue weighted by molar-refractivity contribution is -0.135. The van der Waals surface area contributed by atoms with Crippen LogP contribution in [0.1, 0.15) is 26.2 Å². The summed E-state index contributed by atoms with van der Waals surface area (Å²) in [6, 6.07) is 6.07. The minimum Gasteiger partial charge on any atom is -0.383 e. The minimum absolute atomic E-state index is 0.0803. The molecule has 4 N–H and O–H groups in total. The molecule has 0 spiro atoms. The number of halogens is 3. The third kappa shape index (κ3) is 6.86. The maximum Gasteiger partial charge on any atom is 0.389 e. The summed E-state index contributed by atoms with van der Waals surface area (Å²) in [7, 11) is 0. The van der Waals surface area contributed by atoms with E-state index in [2.05, 4.69) is 10.6 Å². The fourth-order valence-electron chi connectivity index (χ4n) is 1.79. The molecule has 4 nitrogen and oxygen atoms in total. The van der Waals surface area contributed by atoms with E-state index in [9.17, 15) is 18.0 Å². The fraction of sp³-hybridized carbons (Fsp3) is 0.462. The molecule has 1 aromatic carbocycles. The number of rotatable bonds is 6. The Balaban J connectivity index is 2.45. The second kappa shape index (κ2) is 7.02. The molecular formula is C13H18F3N3O. The van der Waals surface area contributed by atoms with Crippen LogP contribution in [-0.2, 0) is 0 Å². The van der Waals surface area contributed by atoms with Crippen molar-refractivity contribution in [3.63, 3.8) is 0 Å². The molecular weight excluding hydrogens is 271 g/mol. The summed E-state index contributed by atoms with van der Waals surface area (Å²) in [6.07, 6.45) is -4.39. The van der Waals surface area contributed by atoms with Crippen molar-refractivity contribution in [3.05, 3.63) is 24.3 Å². The van der Waals surface area contributed by atoms with Gasteiger partial charge in [0.05, 0.1) is 0 Å². The highest BCUT2D eigenvalue weighted by atomic mass is 19.4. The predicted octanol–water partition coefficient (Wildman–Crippen LogP) is 3.71. The van der Waals surface area contributed by atoms with Crippen LogP contribution in [0.2, 0.25) is 0 Å². The van der Waals surface area contributed by atoms with E-state index in [1.807, 2.05) is 6.92 Å². The Morgan fingerprint density at radius 1 is 1.35 bits per heavy atom. The van der Waals surface area contributed by atoms with Crippen molar-refractivity contribution < 1.29 is 18.0 Å². The van der Waals surface area contributed by atoms with Gasteiger partial charge in [0.1, 0.15) is 0 Å². The summed E-state index contributed by atoms with van der Waals surface area (Å²) in [5, 5.41) is 5.51. The number of primary amides is 1. The van der Waals surface area contributed by atoms with Gasteiger partial charge >= 0.3 is 12.2 Å². The maximum atomic E-state index is 12.0. The van der Waals surface area contributed by atoms with Gasteiger partial charge in [-0.3, -0.25) is 0 Å². The smallest absolute Gasteiger partial charge is 0.383 e. The van der Waals surface area contributed by atoms with Crippen molar-refractivity contribution in [3.8, 4) is 0 Å². The zero-order valence-corrected chi connectivity index (χ0v) is 11.1. The highest BCUT2D eigenvalue weighted by Crippen LogP contribution is 2.23. The number of alkyl halides is 3. The lowest BCUT2D eigenvalue weighted by Gasteiger charge is -2.16. The average molecular weight is 289 g/mol. The second-order valence-electron chi connectivity index (χ2n) is 4.62. The summed E-state index contributed by atoms with van der Waals surface area (Å²) in [4.78, 5) is 10.7. The van der Waals surface area contributed by atoms with Gasteiger partial charge in [0.25, 0.3) is 0 Å². The molecule has 0 bridgehead atoms. The molecule has 20 heavy (non-hydrogen) atoms. The Labute approximate surface area is 115 Å². The zero-order valence-electron chi connectivity index (χ0n) is 11.1. The van der Waals surface area contributed by atoms with Crippen molar-refractivity contribution in [2.45, 2.75) is 38.4 Å². The van der Waals surface area contributed by atoms with E-state index in [1.54, 1.807) is 24.3 Å². The van der Waals surface area contributed by atoms with Gasteiger partial charge in [0, 0.05) is 23.8 Å². The molecule has 0 heterocycles. The SMILES string of the molecule is CC(CCCC(F)(F)F)Nc1cccc(NC(N)=O)c1. The molecule has 1 aromatic rings. The van der Waals surface area contributed by atoms with Gasteiger partial charge in [0.2, 0.25) is 0 Å². The summed E-state index contributed by atoms with van der Waals surface area (Å²) in [6.45, 7) is 1.81. The van der Waals surface area contributed by atoms with Crippen molar-refractivity contribution in [2.75, 3.05) is 10.6 Å². The molecule has 0 radical (unpaired) electrons. The largest absolute Gasteiger partial charge is 0.389 e. The number of amides is 2. The van der Waals surface area contributed by atoms with E-state index in [0.29, 0.717) is 12.1 Å². The number of carbonyl (C=O) groups excluding carboxylic acids is 1. The van der Waals surface area contributed by atoms with Crippen LogP contribution in [0.3, 0.4) is 0 Å². The Hall–Kier alpha value is -1.92. The van der Waals surface area contributed by atoms with E-state index >= 15 is 0 Å². The molecule has 1 rings (SSSR count). The van der Waals surface area contributed by atoms with Crippen molar-refractivity contribution >= 4 is 17.4 Å². The molecule has 0 aliphatic carbocycles. The second-order valence-corrected chi connectivity index (χ2v) is 4.62. The Kier molecular flexibility index (Phi) is 5.66. The number of benzene rings is 1. The number of nitrogens with one attached hydrogen (secondary N) is 2. The number of nitrogens with two attached hydrogens (primary N) is 1. The Bertz CT molecular complexity index is 449. The molecule has 0 saturated carbocycles. The third-order valence-corrected chi connectivity index (χ3v) is 2.64. The molecule has 0 fully saturated rings. The number of hydrogen-bond donors (Lipinski definition) is 3. The van der Waals surface area contributed by atoms with Crippen molar-refractivity contribution in [1.82, 2.24) is 0 Å². The lowest BCUT2D eigenvalue weighted by atomic mass is 10.1. The van der Waals surface area contributed by atoms with Crippen LogP contribution in [0.5, 0.6) is 0 Å². The van der Waals surface area contributed by atoms with Gasteiger partial charge in [-0.05, 0) is 38.0 Å². The first-order chi connectivity index (χ1) is 9.26. The van der Waals surface area contributed by atoms with Crippen molar-refractivity contribution in [2.24, 2.45) is 5.73 Å². The van der Waals surface area contributed by atoms with E-state index in [0.717, 1.165) is 5.69 Å². The van der Waals surface area contributed by atoms with Gasteiger partial charge in [-0.2, -0.15) is 13.2 Å². The van der Waals surface area contributed by atoms with Crippen LogP contribution in [0.15, 0.2) is 24.3 Å². The topological polar surface area (TPSA) is 67.2 Å². The van der Waals surface area contributed by atoms with E-state index in [4.69, 9.17) is 5.73 Å². The number of anilines is 2. The predicted molar refractivity (Wildman–Crippen MR) is 72.6 cm³/mol. The van der Waals surface area contributed by atoms with Crippen LogP contribution in [0, 0.1) is 0 Å². The maximum absolute atomic E-state index is 12.0. The monoisotopic (exact) mass is 289 g/mol. The van der Waals surface area contributed by atoms with E-state index < -0.39 is 18.6 Å². The molecule has 7 heteroatoms. The standard InChI is InChI=1S/C13H18F3N3O/c1-9(4-3-7-13(14,15)16)18-10-5-2-6-11(8-10)19-12(17)20/h2,5-6,8-9,18H,3-4,7H2,1H3,(H3,17,19,20). The molecule has 2 amide bonds. The van der Waals surface area contributed by atoms with Crippen LogP contribution in [-0.4, -0.2) is 18.2 Å². The van der Waals surface area contributed by atoms with Crippen LogP contribution < -0.4 is 16.4 Å². The highest BCUT2D eigenvalue weighted by molar-refractivity contribution is 5.88. The number of urea groups is 1. The van der Waals surface area contributed by atoms with Gasteiger partial charge in [-0.1, -0.05) is 6.07 Å². The minimum atomic E-state index is -4.11. The summed E-state index contributed by atoms with van der Waals surface area (Å²) >= 11 is 0. The molecule has 1 atom stereocenters. The molecule has 0 aromatic heterocycles. The van der Waals surface area contributed by atoms with Gasteiger partial charge in [-0.15, -0.1) is 0 Å². The first-order valence-electron chi connectivity index (χ1n) is 6.26. The van der Waals surface area contributed by atoms with Crippen LogP contribution in [0.25, 0.3) is 0 Å². The molecule has 112 valence electrons. The van der Waals surface area contributed by atoms with E-state index in [1.165, 1.54) is 0 Å². The average Bonchev–Trinajstić information content (AvgIpc) is 2.26. The lowest BCUT2D eigenvalue weighted by Crippen LogP contribution is -2.20. The summed E-state index contributed by atoms with van der Waals surface area (Å²) < 4.78 is 36.1. The fourth-order valence-corrected chi connectivity index (χ4v) is 1.79. The van der Waals surface area contributed by atoms with Crippen LogP contribution >= 0.6 is 0 Å². The van der Waals surface area contributed by atoms with Crippen LogP contribution in [0.4, 0.5) is 29.3 Å². The zero-order chi connectivity index (χ0) is 15.2. The first kappa shape index (κ1) is 16.1. The Morgan fingerprint density at radius 3 is 2.60 bits per heavy atom. The molecule has 1 unspecified atom stereocenters. The van der Waals surface area contributed by atoms with Gasteiger partial charge in [-0.25, -0.2) is 4.79 Å². The van der Waals surface area contributed by atoms with Crippen molar-refractivity contribution in [1.29, 1.82) is 0 Å². The number of hydrogen-bond acceptors (Lipinski definition) is 2. The van der Waals surface area contributed by atoms with Gasteiger partial charge < -0.3 is 16.4 Å². The number of carbonyl (C=O) groups is 1. The molecule has 0 aliphatic heterocycles. The van der Waals surface area contributed by atoms with E-state index in [-0.39, 0.29) is 12.5 Å². The summed E-state index contributed by atoms with van der Waals surface area (Å²) in [5.74, 6) is 0. The highest BCUT2D eigenvalue weighted by Gasteiger charge is 2.26. The normalized spacial score (nSPS) is 12.8. The molecule has 0 saturated heterocycles. The summed E-state index contributed by atoms with van der Waals surface area (Å²) in [5.41, 5.74) is 6.26. The quantitative estimate of drug-likeness (QED) is 0.747. The molecule has 0 aliphatic rings.